The van der Waals surface area contributed by atoms with Gasteiger partial charge in [-0.1, -0.05) is 18.2 Å². The highest BCUT2D eigenvalue weighted by atomic mass is 35.5. The van der Waals surface area contributed by atoms with Gasteiger partial charge in [-0.05, 0) is 24.0 Å². The van der Waals surface area contributed by atoms with Gasteiger partial charge in [0.05, 0.1) is 6.33 Å². The third kappa shape index (κ3) is 3.30. The highest BCUT2D eigenvalue weighted by molar-refractivity contribution is 5.86. The van der Waals surface area contributed by atoms with Gasteiger partial charge in [0.1, 0.15) is 5.52 Å². The van der Waals surface area contributed by atoms with Crippen LogP contribution in [-0.4, -0.2) is 46.1 Å². The first-order valence-electron chi connectivity index (χ1n) is 8.36. The zero-order valence-electron chi connectivity index (χ0n) is 14.1. The summed E-state index contributed by atoms with van der Waals surface area (Å²) < 4.78 is 0. The summed E-state index contributed by atoms with van der Waals surface area (Å²) in [5, 5.41) is 6.85. The van der Waals surface area contributed by atoms with Crippen LogP contribution in [0.25, 0.3) is 11.2 Å². The van der Waals surface area contributed by atoms with Gasteiger partial charge < -0.3 is 20.5 Å². The van der Waals surface area contributed by atoms with Crippen LogP contribution < -0.4 is 15.5 Å². The lowest BCUT2D eigenvalue weighted by Gasteiger charge is -2.18. The molecule has 0 unspecified atom stereocenters. The lowest BCUT2D eigenvalue weighted by Crippen LogP contribution is -2.27. The monoisotopic (exact) mass is 393 g/mol. The smallest absolute Gasteiger partial charge is 0.229 e. The summed E-state index contributed by atoms with van der Waals surface area (Å²) in [4.78, 5) is 19.2. The van der Waals surface area contributed by atoms with E-state index >= 15 is 0 Å². The quantitative estimate of drug-likeness (QED) is 0.634. The second-order valence-electron chi connectivity index (χ2n) is 6.55. The van der Waals surface area contributed by atoms with Crippen molar-refractivity contribution < 1.29 is 0 Å². The van der Waals surface area contributed by atoms with Crippen LogP contribution in [-0.2, 0) is 0 Å². The number of fused-ring (bicyclic) bond motifs is 2. The van der Waals surface area contributed by atoms with E-state index < -0.39 is 0 Å². The lowest BCUT2D eigenvalue weighted by atomic mass is 10.0. The number of aromatic amines is 1. The van der Waals surface area contributed by atoms with E-state index in [9.17, 15) is 0 Å². The van der Waals surface area contributed by atoms with Crippen molar-refractivity contribution in [3.8, 4) is 0 Å². The van der Waals surface area contributed by atoms with Gasteiger partial charge in [-0.15, -0.1) is 24.8 Å². The molecule has 0 saturated carbocycles. The molecule has 0 spiro atoms. The molecule has 3 aromatic rings. The molecule has 2 aliphatic rings. The topological polar surface area (TPSA) is 81.8 Å². The van der Waals surface area contributed by atoms with Gasteiger partial charge in [0.2, 0.25) is 5.95 Å². The maximum absolute atomic E-state index is 4.79. The molecule has 4 heterocycles. The van der Waals surface area contributed by atoms with Crippen molar-refractivity contribution in [1.29, 1.82) is 0 Å². The molecule has 2 aliphatic heterocycles. The van der Waals surface area contributed by atoms with Crippen LogP contribution in [0.2, 0.25) is 0 Å². The molecule has 2 atom stereocenters. The van der Waals surface area contributed by atoms with Crippen molar-refractivity contribution in [3.63, 3.8) is 0 Å². The van der Waals surface area contributed by atoms with Crippen LogP contribution in [0, 0.1) is 11.8 Å². The number of anilines is 3. The number of H-pyrrole nitrogens is 1. The van der Waals surface area contributed by atoms with Crippen molar-refractivity contribution in [3.05, 3.63) is 36.7 Å². The Hall–Kier alpha value is -2.09. The third-order valence-electron chi connectivity index (χ3n) is 4.98. The zero-order chi connectivity index (χ0) is 15.9. The predicted octanol–water partition coefficient (Wildman–Crippen LogP) is 2.60. The van der Waals surface area contributed by atoms with Gasteiger partial charge in [-0.25, -0.2) is 4.98 Å². The van der Waals surface area contributed by atoms with Crippen molar-refractivity contribution >= 4 is 53.4 Å². The van der Waals surface area contributed by atoms with Gasteiger partial charge in [-0.2, -0.15) is 9.97 Å². The molecule has 9 heteroatoms. The van der Waals surface area contributed by atoms with Crippen LogP contribution in [0.1, 0.15) is 0 Å². The minimum absolute atomic E-state index is 0. The Bertz CT molecular complexity index is 858. The molecule has 2 fully saturated rings. The fourth-order valence-corrected chi connectivity index (χ4v) is 3.73. The Morgan fingerprint density at radius 2 is 1.73 bits per heavy atom. The Labute approximate surface area is 163 Å². The molecule has 0 aliphatic carbocycles. The first-order chi connectivity index (χ1) is 11.9. The van der Waals surface area contributed by atoms with E-state index in [1.165, 1.54) is 0 Å². The zero-order valence-corrected chi connectivity index (χ0v) is 15.7. The van der Waals surface area contributed by atoms with E-state index in [2.05, 4.69) is 30.5 Å². The molecule has 7 nitrogen and oxygen atoms in total. The molecule has 5 rings (SSSR count). The highest BCUT2D eigenvalue weighted by Crippen LogP contribution is 2.31. The summed E-state index contributed by atoms with van der Waals surface area (Å²) in [6.07, 6.45) is 1.67. The van der Waals surface area contributed by atoms with Crippen LogP contribution in [0.4, 0.5) is 17.5 Å². The molecule has 2 aromatic heterocycles. The van der Waals surface area contributed by atoms with Gasteiger partial charge in [0.25, 0.3) is 0 Å². The first kappa shape index (κ1) is 18.7. The number of nitrogens with zero attached hydrogens (tertiary/aromatic N) is 4. The van der Waals surface area contributed by atoms with E-state index in [4.69, 9.17) is 4.98 Å². The van der Waals surface area contributed by atoms with Gasteiger partial charge in [0, 0.05) is 31.9 Å². The summed E-state index contributed by atoms with van der Waals surface area (Å²) in [5.74, 6) is 2.94. The van der Waals surface area contributed by atoms with Crippen molar-refractivity contribution in [2.24, 2.45) is 11.8 Å². The fourth-order valence-electron chi connectivity index (χ4n) is 3.73. The van der Waals surface area contributed by atoms with Gasteiger partial charge >= 0.3 is 0 Å². The van der Waals surface area contributed by atoms with Crippen LogP contribution >= 0.6 is 24.8 Å². The molecule has 138 valence electrons. The normalized spacial score (nSPS) is 21.2. The molecular weight excluding hydrogens is 373 g/mol. The number of nitrogens with one attached hydrogen (secondary N) is 3. The summed E-state index contributed by atoms with van der Waals surface area (Å²) >= 11 is 0. The predicted molar refractivity (Wildman–Crippen MR) is 108 cm³/mol. The van der Waals surface area contributed by atoms with E-state index in [0.29, 0.717) is 17.5 Å². The summed E-state index contributed by atoms with van der Waals surface area (Å²) in [6, 6.07) is 10.1. The Morgan fingerprint density at radius 1 is 1.00 bits per heavy atom. The van der Waals surface area contributed by atoms with Crippen molar-refractivity contribution in [1.82, 2.24) is 25.3 Å². The van der Waals surface area contributed by atoms with Crippen molar-refractivity contribution in [2.45, 2.75) is 0 Å². The number of aromatic nitrogens is 4. The molecule has 0 radical (unpaired) electrons. The number of halogens is 2. The highest BCUT2D eigenvalue weighted by Gasteiger charge is 2.37. The largest absolute Gasteiger partial charge is 0.340 e. The van der Waals surface area contributed by atoms with Gasteiger partial charge in [0.15, 0.2) is 11.5 Å². The fraction of sp³-hybridized carbons (Fsp3) is 0.353. The van der Waals surface area contributed by atoms with E-state index in [-0.39, 0.29) is 24.8 Å². The Morgan fingerprint density at radius 3 is 2.46 bits per heavy atom. The number of imidazole rings is 1. The average Bonchev–Trinajstić information content (AvgIpc) is 3.31. The number of benzene rings is 1. The molecule has 3 N–H and O–H groups in total. The second kappa shape index (κ2) is 7.65. The molecule has 2 saturated heterocycles. The summed E-state index contributed by atoms with van der Waals surface area (Å²) in [5.41, 5.74) is 2.54. The SMILES string of the molecule is Cl.Cl.c1ccc(Nc2nc(N3C[C@H]4CNC[C@H]4C3)nc3nc[nH]c23)cc1. The van der Waals surface area contributed by atoms with E-state index in [1.807, 2.05) is 30.3 Å². The van der Waals surface area contributed by atoms with Crippen LogP contribution in [0.5, 0.6) is 0 Å². The lowest BCUT2D eigenvalue weighted by molar-refractivity contribution is 0.533. The van der Waals surface area contributed by atoms with E-state index in [1.54, 1.807) is 6.33 Å². The van der Waals surface area contributed by atoms with Crippen molar-refractivity contribution in [2.75, 3.05) is 36.4 Å². The molecule has 0 bridgehead atoms. The second-order valence-corrected chi connectivity index (χ2v) is 6.55. The Kier molecular flexibility index (Phi) is 5.50. The summed E-state index contributed by atoms with van der Waals surface area (Å²) in [6.45, 7) is 4.22. The number of hydrogen-bond donors (Lipinski definition) is 3. The average molecular weight is 394 g/mol. The van der Waals surface area contributed by atoms with Crippen LogP contribution in [0.3, 0.4) is 0 Å². The summed E-state index contributed by atoms with van der Waals surface area (Å²) in [7, 11) is 0. The van der Waals surface area contributed by atoms with Gasteiger partial charge in [-0.3, -0.25) is 0 Å². The Balaban J connectivity index is 0.000000980. The molecule has 26 heavy (non-hydrogen) atoms. The minimum atomic E-state index is 0. The molecular formula is C17H21Cl2N7. The number of para-hydroxylation sites is 1. The minimum Gasteiger partial charge on any atom is -0.340 e. The number of rotatable bonds is 3. The maximum atomic E-state index is 4.79. The van der Waals surface area contributed by atoms with Crippen LogP contribution in [0.15, 0.2) is 36.7 Å². The number of hydrogen-bond acceptors (Lipinski definition) is 6. The molecule has 1 aromatic carbocycles. The first-order valence-corrected chi connectivity index (χ1v) is 8.36. The molecule has 0 amide bonds. The maximum Gasteiger partial charge on any atom is 0.229 e. The van der Waals surface area contributed by atoms with E-state index in [0.717, 1.165) is 49.1 Å². The third-order valence-corrected chi connectivity index (χ3v) is 4.98. The standard InChI is InChI=1S/C17H19N7.2ClH/c1-2-4-13(5-3-1)21-16-14-15(20-10-19-14)22-17(23-16)24-8-11-6-18-7-12(11)9-24;;/h1-5,10-12,18H,6-9H2,(H2,19,20,21,22,23);2*1H/t11-,12+;;.